The number of carbonyl (C=O) groups excluding carboxylic acids is 1. The van der Waals surface area contributed by atoms with Crippen molar-refractivity contribution < 1.29 is 18.7 Å². The summed E-state index contributed by atoms with van der Waals surface area (Å²) in [5.41, 5.74) is 5.16. The van der Waals surface area contributed by atoms with Crippen molar-refractivity contribution in [3.05, 3.63) is 0 Å². The van der Waals surface area contributed by atoms with E-state index in [9.17, 15) is 13.6 Å². The number of alkyl halides is 2. The van der Waals surface area contributed by atoms with Gasteiger partial charge in [-0.15, -0.1) is 0 Å². The van der Waals surface area contributed by atoms with Gasteiger partial charge in [-0.25, -0.2) is 8.78 Å². The summed E-state index contributed by atoms with van der Waals surface area (Å²) < 4.78 is 24.1. The summed E-state index contributed by atoms with van der Waals surface area (Å²) in [5.74, 6) is -0.366. The average Bonchev–Trinajstić information content (AvgIpc) is 2.14. The molecule has 0 aliphatic carbocycles. The first-order chi connectivity index (χ1) is 7.10. The summed E-state index contributed by atoms with van der Waals surface area (Å²) >= 11 is 0. The summed E-state index contributed by atoms with van der Waals surface area (Å²) in [7, 11) is 0. The summed E-state index contributed by atoms with van der Waals surface area (Å²) in [6.07, 6.45) is -2.51. The molecule has 0 atom stereocenters. The van der Waals surface area contributed by atoms with Crippen molar-refractivity contribution in [2.24, 2.45) is 5.73 Å². The molecule has 0 unspecified atom stereocenters. The molecular formula is C8H17F2N3O2. The summed E-state index contributed by atoms with van der Waals surface area (Å²) in [6.45, 7) is -0.236. The standard InChI is InChI=1S/C8H17F2N3O2/c9-7(10)5-13(3-4-14)6-8(15)12-2-1-11/h7,14H,1-6,11H2,(H,12,15). The van der Waals surface area contributed by atoms with E-state index in [1.165, 1.54) is 4.90 Å². The molecule has 0 radical (unpaired) electrons. The van der Waals surface area contributed by atoms with Crippen LogP contribution in [0.4, 0.5) is 8.78 Å². The molecule has 15 heavy (non-hydrogen) atoms. The molecule has 0 rings (SSSR count). The molecule has 0 bridgehead atoms. The van der Waals surface area contributed by atoms with E-state index >= 15 is 0 Å². The van der Waals surface area contributed by atoms with Crippen molar-refractivity contribution in [2.75, 3.05) is 39.3 Å². The van der Waals surface area contributed by atoms with Gasteiger partial charge in [-0.1, -0.05) is 0 Å². The van der Waals surface area contributed by atoms with Gasteiger partial charge in [0.2, 0.25) is 5.91 Å². The Bertz CT molecular complexity index is 181. The van der Waals surface area contributed by atoms with Gasteiger partial charge in [-0.2, -0.15) is 0 Å². The average molecular weight is 225 g/mol. The molecule has 0 saturated heterocycles. The number of rotatable bonds is 8. The van der Waals surface area contributed by atoms with Crippen molar-refractivity contribution in [1.29, 1.82) is 0 Å². The zero-order chi connectivity index (χ0) is 11.7. The maximum absolute atomic E-state index is 12.0. The largest absolute Gasteiger partial charge is 0.395 e. The van der Waals surface area contributed by atoms with Crippen LogP contribution in [0.1, 0.15) is 0 Å². The van der Waals surface area contributed by atoms with Gasteiger partial charge in [0.05, 0.1) is 19.7 Å². The number of halogens is 2. The van der Waals surface area contributed by atoms with E-state index in [4.69, 9.17) is 10.8 Å². The maximum Gasteiger partial charge on any atom is 0.251 e. The van der Waals surface area contributed by atoms with Crippen molar-refractivity contribution in [1.82, 2.24) is 10.2 Å². The number of hydrogen-bond donors (Lipinski definition) is 3. The third-order valence-electron chi connectivity index (χ3n) is 1.65. The van der Waals surface area contributed by atoms with Crippen LogP contribution >= 0.6 is 0 Å². The Morgan fingerprint density at radius 3 is 2.67 bits per heavy atom. The molecule has 0 heterocycles. The van der Waals surface area contributed by atoms with Gasteiger partial charge in [-0.3, -0.25) is 9.69 Å². The molecule has 0 aromatic heterocycles. The first-order valence-corrected chi connectivity index (χ1v) is 4.68. The quantitative estimate of drug-likeness (QED) is 0.476. The van der Waals surface area contributed by atoms with E-state index in [2.05, 4.69) is 5.32 Å². The normalized spacial score (nSPS) is 11.1. The second-order valence-electron chi connectivity index (χ2n) is 2.99. The fourth-order valence-electron chi connectivity index (χ4n) is 1.04. The highest BCUT2D eigenvalue weighted by Crippen LogP contribution is 1.97. The topological polar surface area (TPSA) is 78.6 Å². The minimum absolute atomic E-state index is 0.0559. The lowest BCUT2D eigenvalue weighted by Crippen LogP contribution is -2.42. The SMILES string of the molecule is NCCNC(=O)CN(CCO)CC(F)F. The minimum Gasteiger partial charge on any atom is -0.395 e. The molecule has 0 aliphatic rings. The maximum atomic E-state index is 12.0. The number of nitrogens with one attached hydrogen (secondary N) is 1. The summed E-state index contributed by atoms with van der Waals surface area (Å²) in [6, 6.07) is 0. The van der Waals surface area contributed by atoms with Crippen LogP contribution in [0.25, 0.3) is 0 Å². The number of aliphatic hydroxyl groups excluding tert-OH is 1. The first kappa shape index (κ1) is 14.2. The van der Waals surface area contributed by atoms with Gasteiger partial charge in [0.25, 0.3) is 6.43 Å². The van der Waals surface area contributed by atoms with Crippen LogP contribution in [0.5, 0.6) is 0 Å². The Balaban J connectivity index is 3.86. The molecule has 1 amide bonds. The van der Waals surface area contributed by atoms with Crippen molar-refractivity contribution in [2.45, 2.75) is 6.43 Å². The Hall–Kier alpha value is -0.790. The van der Waals surface area contributed by atoms with Gasteiger partial charge in [-0.05, 0) is 0 Å². The molecule has 0 saturated carbocycles. The van der Waals surface area contributed by atoms with E-state index in [1.54, 1.807) is 0 Å². The predicted molar refractivity (Wildman–Crippen MR) is 51.6 cm³/mol. The fraction of sp³-hybridized carbons (Fsp3) is 0.875. The second kappa shape index (κ2) is 8.51. The second-order valence-corrected chi connectivity index (χ2v) is 2.99. The third kappa shape index (κ3) is 8.22. The summed E-state index contributed by atoms with van der Waals surface area (Å²) in [5, 5.41) is 11.1. The number of hydrogen-bond acceptors (Lipinski definition) is 4. The summed E-state index contributed by atoms with van der Waals surface area (Å²) in [4.78, 5) is 12.3. The van der Waals surface area contributed by atoms with E-state index in [-0.39, 0.29) is 25.6 Å². The van der Waals surface area contributed by atoms with Gasteiger partial charge in [0, 0.05) is 19.6 Å². The molecule has 5 nitrogen and oxygen atoms in total. The fourth-order valence-corrected chi connectivity index (χ4v) is 1.04. The Kier molecular flexibility index (Phi) is 8.06. The highest BCUT2D eigenvalue weighted by molar-refractivity contribution is 5.77. The lowest BCUT2D eigenvalue weighted by molar-refractivity contribution is -0.122. The molecule has 90 valence electrons. The number of nitrogens with two attached hydrogens (primary N) is 1. The van der Waals surface area contributed by atoms with Crippen molar-refractivity contribution in [3.8, 4) is 0 Å². The van der Waals surface area contributed by atoms with Crippen LogP contribution in [0.2, 0.25) is 0 Å². The van der Waals surface area contributed by atoms with Crippen LogP contribution in [0.3, 0.4) is 0 Å². The lowest BCUT2D eigenvalue weighted by Gasteiger charge is -2.19. The van der Waals surface area contributed by atoms with E-state index in [0.29, 0.717) is 13.1 Å². The Morgan fingerprint density at radius 1 is 1.53 bits per heavy atom. The highest BCUT2D eigenvalue weighted by atomic mass is 19.3. The van der Waals surface area contributed by atoms with Crippen molar-refractivity contribution >= 4 is 5.91 Å². The van der Waals surface area contributed by atoms with Gasteiger partial charge in [0.1, 0.15) is 0 Å². The van der Waals surface area contributed by atoms with Gasteiger partial charge < -0.3 is 16.2 Å². The minimum atomic E-state index is -2.51. The van der Waals surface area contributed by atoms with Gasteiger partial charge >= 0.3 is 0 Å². The van der Waals surface area contributed by atoms with Crippen LogP contribution < -0.4 is 11.1 Å². The monoisotopic (exact) mass is 225 g/mol. The molecule has 0 fully saturated rings. The zero-order valence-electron chi connectivity index (χ0n) is 8.46. The van der Waals surface area contributed by atoms with Crippen molar-refractivity contribution in [3.63, 3.8) is 0 Å². The molecule has 4 N–H and O–H groups in total. The number of carbonyl (C=O) groups is 1. The predicted octanol–water partition coefficient (Wildman–Crippen LogP) is -1.38. The van der Waals surface area contributed by atoms with Crippen LogP contribution in [-0.2, 0) is 4.79 Å². The zero-order valence-corrected chi connectivity index (χ0v) is 8.46. The lowest BCUT2D eigenvalue weighted by atomic mass is 10.4. The number of amides is 1. The third-order valence-corrected chi connectivity index (χ3v) is 1.65. The Labute approximate surface area is 87.2 Å². The molecule has 0 aromatic rings. The van der Waals surface area contributed by atoms with E-state index in [1.807, 2.05) is 0 Å². The highest BCUT2D eigenvalue weighted by Gasteiger charge is 2.14. The molecule has 0 aromatic carbocycles. The Morgan fingerprint density at radius 2 is 2.20 bits per heavy atom. The van der Waals surface area contributed by atoms with Crippen LogP contribution in [0.15, 0.2) is 0 Å². The van der Waals surface area contributed by atoms with Crippen LogP contribution in [0, 0.1) is 0 Å². The van der Waals surface area contributed by atoms with Gasteiger partial charge in [0.15, 0.2) is 0 Å². The molecule has 7 heteroatoms. The number of nitrogens with zero attached hydrogens (tertiary/aromatic N) is 1. The van der Waals surface area contributed by atoms with E-state index in [0.717, 1.165) is 0 Å². The molecular weight excluding hydrogens is 208 g/mol. The first-order valence-electron chi connectivity index (χ1n) is 4.68. The van der Waals surface area contributed by atoms with Crippen LogP contribution in [-0.4, -0.2) is 61.7 Å². The number of aliphatic hydroxyl groups is 1. The smallest absolute Gasteiger partial charge is 0.251 e. The molecule has 0 spiro atoms. The molecule has 0 aliphatic heterocycles. The van der Waals surface area contributed by atoms with E-state index < -0.39 is 13.0 Å².